The minimum atomic E-state index is -0.705. The highest BCUT2D eigenvalue weighted by molar-refractivity contribution is 6.04. The highest BCUT2D eigenvalue weighted by Crippen LogP contribution is 2.31. The summed E-state index contributed by atoms with van der Waals surface area (Å²) in [6, 6.07) is 8.98. The molecule has 190 valence electrons. The van der Waals surface area contributed by atoms with Gasteiger partial charge in [0.2, 0.25) is 11.3 Å². The molecule has 1 aromatic carbocycles. The predicted molar refractivity (Wildman–Crippen MR) is 141 cm³/mol. The molecule has 2 N–H and O–H groups in total. The molecule has 0 aliphatic carbocycles. The van der Waals surface area contributed by atoms with Crippen LogP contribution in [-0.2, 0) is 0 Å². The Morgan fingerprint density at radius 1 is 1.16 bits per heavy atom. The predicted octanol–water partition coefficient (Wildman–Crippen LogP) is 6.02. The van der Waals surface area contributed by atoms with Crippen LogP contribution in [0.4, 0.5) is 10.1 Å². The number of ether oxygens (including phenoxy) is 2. The van der Waals surface area contributed by atoms with Crippen LogP contribution in [0.15, 0.2) is 59.7 Å². The van der Waals surface area contributed by atoms with E-state index in [-0.39, 0.29) is 22.4 Å². The van der Waals surface area contributed by atoms with Crippen LogP contribution in [0.2, 0.25) is 0 Å². The number of aromatic amines is 1. The number of allylic oxidation sites excluding steroid dienone is 2. The number of nitrogens with zero attached hydrogens (tertiary/aromatic N) is 2. The molecule has 0 atom stereocenters. The van der Waals surface area contributed by atoms with Crippen LogP contribution in [0.3, 0.4) is 0 Å². The average Bonchev–Trinajstić information content (AvgIpc) is 2.89. The lowest BCUT2D eigenvalue weighted by Crippen LogP contribution is -2.25. The number of halogens is 1. The number of aryl methyl sites for hydroxylation is 1. The van der Waals surface area contributed by atoms with Crippen molar-refractivity contribution >= 4 is 28.2 Å². The van der Waals surface area contributed by atoms with E-state index in [9.17, 15) is 14.0 Å². The Balaban J connectivity index is 1.59. The van der Waals surface area contributed by atoms with Gasteiger partial charge in [-0.2, -0.15) is 0 Å². The summed E-state index contributed by atoms with van der Waals surface area (Å²) in [5.74, 6) is -0.746. The van der Waals surface area contributed by atoms with Crippen LogP contribution in [0.25, 0.3) is 16.6 Å². The maximum absolute atomic E-state index is 15.0. The molecule has 3 heterocycles. The summed E-state index contributed by atoms with van der Waals surface area (Å²) >= 11 is 0. The van der Waals surface area contributed by atoms with E-state index in [2.05, 4.69) is 20.3 Å². The third-order valence-electron chi connectivity index (χ3n) is 5.82. The molecule has 3 aromatic heterocycles. The molecule has 0 saturated heterocycles. The summed E-state index contributed by atoms with van der Waals surface area (Å²) in [7, 11) is 1.49. The van der Waals surface area contributed by atoms with Crippen molar-refractivity contribution in [3.63, 3.8) is 0 Å². The van der Waals surface area contributed by atoms with Gasteiger partial charge < -0.3 is 19.8 Å². The molecule has 4 aromatic rings. The van der Waals surface area contributed by atoms with E-state index < -0.39 is 11.7 Å². The molecule has 0 aliphatic heterocycles. The van der Waals surface area contributed by atoms with E-state index in [0.29, 0.717) is 40.3 Å². The first-order chi connectivity index (χ1) is 17.9. The minimum Gasteiger partial charge on any atom is -0.481 e. The second kappa shape index (κ2) is 11.0. The minimum absolute atomic E-state index is 0.0555. The summed E-state index contributed by atoms with van der Waals surface area (Å²) in [6.45, 7) is 5.74. The Labute approximate surface area is 213 Å². The summed E-state index contributed by atoms with van der Waals surface area (Å²) in [6.07, 6.45) is 6.31. The van der Waals surface area contributed by atoms with Crippen LogP contribution < -0.4 is 20.2 Å². The van der Waals surface area contributed by atoms with E-state index in [1.54, 1.807) is 25.1 Å². The quantitative estimate of drug-likeness (QED) is 0.305. The topological polar surface area (TPSA) is 106 Å². The van der Waals surface area contributed by atoms with Gasteiger partial charge in [-0.3, -0.25) is 14.6 Å². The summed E-state index contributed by atoms with van der Waals surface area (Å²) in [4.78, 5) is 37.6. The number of H-pyrrole nitrogens is 1. The van der Waals surface area contributed by atoms with Gasteiger partial charge in [-0.05, 0) is 43.5 Å². The van der Waals surface area contributed by atoms with Crippen molar-refractivity contribution in [2.75, 3.05) is 12.4 Å². The number of pyridine rings is 3. The number of nitrogens with one attached hydrogen (secondary N) is 2. The highest BCUT2D eigenvalue weighted by atomic mass is 19.1. The van der Waals surface area contributed by atoms with Crippen LogP contribution >= 0.6 is 0 Å². The van der Waals surface area contributed by atoms with Crippen LogP contribution in [-0.4, -0.2) is 28.0 Å². The summed E-state index contributed by atoms with van der Waals surface area (Å²) in [5.41, 5.74) is 2.77. The van der Waals surface area contributed by atoms with Crippen molar-refractivity contribution in [1.29, 1.82) is 0 Å². The van der Waals surface area contributed by atoms with Gasteiger partial charge in [-0.25, -0.2) is 9.37 Å². The lowest BCUT2D eigenvalue weighted by atomic mass is 9.98. The van der Waals surface area contributed by atoms with Gasteiger partial charge in [0.25, 0.3) is 5.91 Å². The standard InChI is InChI=1S/C28H27FN4O4/c1-5-7-17(6-2)25-16(3)31-15-19(27(25)34)28(35)32-18-8-10-22(20(29)14-18)37-23-12-13-30-21-9-11-24(36-4)33-26(21)23/h7-15H,5-6H2,1-4H3,(H,31,34)(H,32,35)/b17-7+. The molecule has 0 fully saturated rings. The van der Waals surface area contributed by atoms with Crippen molar-refractivity contribution in [1.82, 2.24) is 15.0 Å². The number of hydrogen-bond donors (Lipinski definition) is 2. The Kier molecular flexibility index (Phi) is 7.62. The van der Waals surface area contributed by atoms with Crippen molar-refractivity contribution in [2.45, 2.75) is 33.6 Å². The van der Waals surface area contributed by atoms with Crippen LogP contribution in [0.5, 0.6) is 17.4 Å². The largest absolute Gasteiger partial charge is 0.481 e. The average molecular weight is 503 g/mol. The molecular weight excluding hydrogens is 475 g/mol. The monoisotopic (exact) mass is 502 g/mol. The molecule has 0 aliphatic rings. The van der Waals surface area contributed by atoms with Crippen molar-refractivity contribution < 1.29 is 18.7 Å². The van der Waals surface area contributed by atoms with Gasteiger partial charge in [0, 0.05) is 47.5 Å². The fourth-order valence-corrected chi connectivity index (χ4v) is 4.01. The molecule has 1 amide bonds. The van der Waals surface area contributed by atoms with E-state index in [1.807, 2.05) is 19.9 Å². The lowest BCUT2D eigenvalue weighted by molar-refractivity contribution is 0.102. The molecule has 0 spiro atoms. The molecule has 4 rings (SSSR count). The molecule has 37 heavy (non-hydrogen) atoms. The van der Waals surface area contributed by atoms with Gasteiger partial charge in [0.05, 0.1) is 12.6 Å². The normalized spacial score (nSPS) is 11.4. The molecule has 0 saturated carbocycles. The summed E-state index contributed by atoms with van der Waals surface area (Å²) < 4.78 is 25.9. The molecule has 0 radical (unpaired) electrons. The molecule has 0 bridgehead atoms. The number of amides is 1. The first kappa shape index (κ1) is 25.6. The van der Waals surface area contributed by atoms with Gasteiger partial charge in [-0.15, -0.1) is 0 Å². The van der Waals surface area contributed by atoms with Gasteiger partial charge >= 0.3 is 0 Å². The van der Waals surface area contributed by atoms with Crippen molar-refractivity contribution in [2.24, 2.45) is 0 Å². The molecular formula is C28H27FN4O4. The number of rotatable bonds is 8. The smallest absolute Gasteiger partial charge is 0.261 e. The zero-order chi connectivity index (χ0) is 26.5. The number of methoxy groups -OCH3 is 1. The van der Waals surface area contributed by atoms with Gasteiger partial charge in [-0.1, -0.05) is 19.9 Å². The maximum atomic E-state index is 15.0. The number of fused-ring (bicyclic) bond motifs is 1. The highest BCUT2D eigenvalue weighted by Gasteiger charge is 2.18. The SMILES string of the molecule is CC/C=C(\CC)c1c(C)[nH]cc(C(=O)Nc2ccc(Oc3ccnc4ccc(OC)nc34)c(F)c2)c1=O. The molecule has 8 nitrogen and oxygen atoms in total. The number of aromatic nitrogens is 3. The second-order valence-electron chi connectivity index (χ2n) is 8.25. The van der Waals surface area contributed by atoms with E-state index in [1.165, 1.54) is 31.6 Å². The van der Waals surface area contributed by atoms with Crippen LogP contribution in [0, 0.1) is 12.7 Å². The van der Waals surface area contributed by atoms with Gasteiger partial charge in [0.1, 0.15) is 11.1 Å². The number of carbonyl (C=O) groups is 1. The van der Waals surface area contributed by atoms with Crippen LogP contribution in [0.1, 0.15) is 48.3 Å². The van der Waals surface area contributed by atoms with Crippen molar-refractivity contribution in [3.8, 4) is 17.4 Å². The fourth-order valence-electron chi connectivity index (χ4n) is 4.01. The zero-order valence-electron chi connectivity index (χ0n) is 21.0. The third-order valence-corrected chi connectivity index (χ3v) is 5.82. The van der Waals surface area contributed by atoms with E-state index in [4.69, 9.17) is 9.47 Å². The number of benzene rings is 1. The number of carbonyl (C=O) groups excluding carboxylic acids is 1. The maximum Gasteiger partial charge on any atom is 0.261 e. The van der Waals surface area contributed by atoms with E-state index >= 15 is 0 Å². The Morgan fingerprint density at radius 2 is 1.97 bits per heavy atom. The lowest BCUT2D eigenvalue weighted by Gasteiger charge is -2.12. The number of anilines is 1. The fraction of sp³-hybridized carbons (Fsp3) is 0.214. The van der Waals surface area contributed by atoms with Gasteiger partial charge in [0.15, 0.2) is 17.3 Å². The van der Waals surface area contributed by atoms with Crippen molar-refractivity contribution in [3.05, 3.63) is 87.7 Å². The first-order valence-electron chi connectivity index (χ1n) is 11.9. The second-order valence-corrected chi connectivity index (χ2v) is 8.25. The number of hydrogen-bond acceptors (Lipinski definition) is 6. The Bertz CT molecular complexity index is 1560. The Morgan fingerprint density at radius 3 is 2.68 bits per heavy atom. The first-order valence-corrected chi connectivity index (χ1v) is 11.9. The third kappa shape index (κ3) is 5.35. The Hall–Kier alpha value is -4.53. The molecule has 0 unspecified atom stereocenters. The molecule has 9 heteroatoms. The summed E-state index contributed by atoms with van der Waals surface area (Å²) in [5, 5.41) is 2.60. The zero-order valence-corrected chi connectivity index (χ0v) is 21.0. The van der Waals surface area contributed by atoms with E-state index in [0.717, 1.165) is 18.1 Å².